The first-order valence-corrected chi connectivity index (χ1v) is 7.44. The third-order valence-electron chi connectivity index (χ3n) is 4.12. The molecular formula is C16H18N4O. The lowest BCUT2D eigenvalue weighted by Gasteiger charge is -2.11. The van der Waals surface area contributed by atoms with E-state index in [0.29, 0.717) is 6.54 Å². The van der Waals surface area contributed by atoms with Gasteiger partial charge in [0.05, 0.1) is 12.6 Å². The fraction of sp³-hybridized carbons (Fsp3) is 0.375. The monoisotopic (exact) mass is 282 g/mol. The molecule has 0 aliphatic carbocycles. The summed E-state index contributed by atoms with van der Waals surface area (Å²) in [5.41, 5.74) is 0.935. The molecule has 0 radical (unpaired) electrons. The van der Waals surface area contributed by atoms with E-state index in [1.807, 2.05) is 18.2 Å². The van der Waals surface area contributed by atoms with Gasteiger partial charge in [0.1, 0.15) is 23.0 Å². The van der Waals surface area contributed by atoms with Gasteiger partial charge in [-0.2, -0.15) is 0 Å². The predicted molar refractivity (Wildman–Crippen MR) is 79.8 cm³/mol. The van der Waals surface area contributed by atoms with Gasteiger partial charge in [0.25, 0.3) is 0 Å². The van der Waals surface area contributed by atoms with Gasteiger partial charge in [-0.05, 0) is 25.5 Å². The Morgan fingerprint density at radius 3 is 3.14 bits per heavy atom. The van der Waals surface area contributed by atoms with E-state index in [1.165, 1.54) is 6.42 Å². The number of fused-ring (bicyclic) bond motifs is 2. The topological polar surface area (TPSA) is 55.9 Å². The van der Waals surface area contributed by atoms with Crippen molar-refractivity contribution in [1.29, 1.82) is 0 Å². The molecule has 4 rings (SSSR count). The van der Waals surface area contributed by atoms with Crippen molar-refractivity contribution in [3.63, 3.8) is 0 Å². The second-order valence-corrected chi connectivity index (χ2v) is 5.58. The summed E-state index contributed by atoms with van der Waals surface area (Å²) in [7, 11) is 0. The third kappa shape index (κ3) is 2.23. The van der Waals surface area contributed by atoms with E-state index in [1.54, 1.807) is 0 Å². The fourth-order valence-electron chi connectivity index (χ4n) is 2.90. The van der Waals surface area contributed by atoms with Gasteiger partial charge in [-0.25, -0.2) is 0 Å². The zero-order valence-corrected chi connectivity index (χ0v) is 12.0. The molecule has 0 unspecified atom stereocenters. The minimum absolute atomic E-state index is 0.145. The summed E-state index contributed by atoms with van der Waals surface area (Å²) in [6.45, 7) is 3.86. The molecule has 0 spiro atoms. The van der Waals surface area contributed by atoms with Crippen LogP contribution in [0, 0.1) is 0 Å². The summed E-state index contributed by atoms with van der Waals surface area (Å²) >= 11 is 0. The molecule has 1 N–H and O–H groups in total. The van der Waals surface area contributed by atoms with Crippen molar-refractivity contribution in [1.82, 2.24) is 20.1 Å². The van der Waals surface area contributed by atoms with Crippen LogP contribution in [0.3, 0.4) is 0 Å². The minimum Gasteiger partial charge on any atom is -0.459 e. The standard InChI is InChI=1S/C16H18N4O/c1-11(14-9-12-5-2-3-6-13(12)21-14)17-10-16-19-18-15-7-4-8-20(15)16/h2-3,5-6,9,11,17H,4,7-8,10H2,1H3/t11-/m1/s1. The van der Waals surface area contributed by atoms with Crippen LogP contribution < -0.4 is 5.32 Å². The summed E-state index contributed by atoms with van der Waals surface area (Å²) in [6, 6.07) is 10.3. The van der Waals surface area contributed by atoms with Crippen LogP contribution in [0.4, 0.5) is 0 Å². The molecule has 3 aromatic rings. The maximum Gasteiger partial charge on any atom is 0.147 e. The maximum absolute atomic E-state index is 5.89. The Kier molecular flexibility index (Phi) is 3.00. The average molecular weight is 282 g/mol. The van der Waals surface area contributed by atoms with E-state index in [9.17, 15) is 0 Å². The first-order chi connectivity index (χ1) is 10.3. The summed E-state index contributed by atoms with van der Waals surface area (Å²) in [4.78, 5) is 0. The Morgan fingerprint density at radius 1 is 1.33 bits per heavy atom. The van der Waals surface area contributed by atoms with Gasteiger partial charge in [0.2, 0.25) is 0 Å². The van der Waals surface area contributed by atoms with E-state index in [-0.39, 0.29) is 6.04 Å². The minimum atomic E-state index is 0.145. The molecule has 1 aromatic carbocycles. The van der Waals surface area contributed by atoms with Crippen LogP contribution in [0.1, 0.15) is 36.8 Å². The quantitative estimate of drug-likeness (QED) is 0.799. The number of hydrogen-bond acceptors (Lipinski definition) is 4. The molecule has 1 aliphatic rings. The fourth-order valence-corrected chi connectivity index (χ4v) is 2.90. The first-order valence-electron chi connectivity index (χ1n) is 7.44. The first kappa shape index (κ1) is 12.6. The highest BCUT2D eigenvalue weighted by Crippen LogP contribution is 2.24. The van der Waals surface area contributed by atoms with Crippen LogP contribution in [-0.2, 0) is 19.5 Å². The summed E-state index contributed by atoms with van der Waals surface area (Å²) < 4.78 is 8.11. The molecule has 0 saturated heterocycles. The van der Waals surface area contributed by atoms with Gasteiger partial charge in [-0.1, -0.05) is 18.2 Å². The van der Waals surface area contributed by atoms with E-state index >= 15 is 0 Å². The van der Waals surface area contributed by atoms with Crippen molar-refractivity contribution in [2.45, 2.75) is 38.9 Å². The average Bonchev–Trinajstić information content (AvgIpc) is 3.19. The second kappa shape index (κ2) is 5.00. The summed E-state index contributed by atoms with van der Waals surface area (Å²) in [5.74, 6) is 3.09. The van der Waals surface area contributed by atoms with E-state index in [0.717, 1.165) is 41.3 Å². The van der Waals surface area contributed by atoms with Crippen LogP contribution in [-0.4, -0.2) is 14.8 Å². The number of aromatic nitrogens is 3. The van der Waals surface area contributed by atoms with Crippen LogP contribution in [0.5, 0.6) is 0 Å². The Balaban J connectivity index is 1.49. The van der Waals surface area contributed by atoms with Gasteiger partial charge in [0, 0.05) is 18.4 Å². The molecular weight excluding hydrogens is 264 g/mol. The number of nitrogens with one attached hydrogen (secondary N) is 1. The Bertz CT molecular complexity index is 741. The van der Waals surface area contributed by atoms with E-state index < -0.39 is 0 Å². The van der Waals surface area contributed by atoms with Crippen molar-refractivity contribution < 1.29 is 4.42 Å². The zero-order valence-electron chi connectivity index (χ0n) is 12.0. The van der Waals surface area contributed by atoms with E-state index in [4.69, 9.17) is 4.42 Å². The molecule has 1 aliphatic heterocycles. The Hall–Kier alpha value is -2.14. The number of hydrogen-bond donors (Lipinski definition) is 1. The normalized spacial score (nSPS) is 15.5. The molecule has 1 atom stereocenters. The second-order valence-electron chi connectivity index (χ2n) is 5.58. The maximum atomic E-state index is 5.89. The molecule has 108 valence electrons. The van der Waals surface area contributed by atoms with Crippen molar-refractivity contribution in [3.05, 3.63) is 47.7 Å². The highest BCUT2D eigenvalue weighted by molar-refractivity contribution is 5.77. The molecule has 2 aromatic heterocycles. The van der Waals surface area contributed by atoms with Gasteiger partial charge in [-0.15, -0.1) is 10.2 Å². The smallest absolute Gasteiger partial charge is 0.147 e. The molecule has 0 bridgehead atoms. The largest absolute Gasteiger partial charge is 0.459 e. The SMILES string of the molecule is C[C@@H](NCc1nnc2n1CCC2)c1cc2ccccc2o1. The number of para-hydroxylation sites is 1. The lowest BCUT2D eigenvalue weighted by Crippen LogP contribution is -2.20. The number of benzene rings is 1. The van der Waals surface area contributed by atoms with Crippen LogP contribution in [0.15, 0.2) is 34.7 Å². The van der Waals surface area contributed by atoms with Crippen LogP contribution >= 0.6 is 0 Å². The predicted octanol–water partition coefficient (Wildman–Crippen LogP) is 2.82. The van der Waals surface area contributed by atoms with Crippen molar-refractivity contribution in [2.75, 3.05) is 0 Å². The summed E-state index contributed by atoms with van der Waals surface area (Å²) in [6.07, 6.45) is 2.23. The lowest BCUT2D eigenvalue weighted by atomic mass is 10.2. The van der Waals surface area contributed by atoms with Gasteiger partial charge in [0.15, 0.2) is 0 Å². The number of furan rings is 1. The molecule has 21 heavy (non-hydrogen) atoms. The van der Waals surface area contributed by atoms with Crippen molar-refractivity contribution in [3.8, 4) is 0 Å². The van der Waals surface area contributed by atoms with Gasteiger partial charge < -0.3 is 14.3 Å². The van der Waals surface area contributed by atoms with Crippen LogP contribution in [0.2, 0.25) is 0 Å². The van der Waals surface area contributed by atoms with Crippen LogP contribution in [0.25, 0.3) is 11.0 Å². The zero-order chi connectivity index (χ0) is 14.2. The number of rotatable bonds is 4. The molecule has 0 amide bonds. The Labute approximate surface area is 123 Å². The molecule has 3 heterocycles. The van der Waals surface area contributed by atoms with Crippen molar-refractivity contribution >= 4 is 11.0 Å². The highest BCUT2D eigenvalue weighted by Gasteiger charge is 2.18. The molecule has 5 nitrogen and oxygen atoms in total. The Morgan fingerprint density at radius 2 is 2.24 bits per heavy atom. The molecule has 5 heteroatoms. The van der Waals surface area contributed by atoms with Gasteiger partial charge in [-0.3, -0.25) is 0 Å². The lowest BCUT2D eigenvalue weighted by molar-refractivity contribution is 0.442. The third-order valence-corrected chi connectivity index (χ3v) is 4.12. The molecule has 0 saturated carbocycles. The van der Waals surface area contributed by atoms with E-state index in [2.05, 4.69) is 39.1 Å². The van der Waals surface area contributed by atoms with Crippen molar-refractivity contribution in [2.24, 2.45) is 0 Å². The van der Waals surface area contributed by atoms with Gasteiger partial charge >= 0.3 is 0 Å². The summed E-state index contributed by atoms with van der Waals surface area (Å²) in [5, 5.41) is 13.1. The number of aryl methyl sites for hydroxylation is 1. The number of nitrogens with zero attached hydrogens (tertiary/aromatic N) is 3. The molecule has 0 fully saturated rings. The highest BCUT2D eigenvalue weighted by atomic mass is 16.3.